The van der Waals surface area contributed by atoms with E-state index in [4.69, 9.17) is 5.26 Å². The second-order valence-corrected chi connectivity index (χ2v) is 4.54. The molecule has 0 fully saturated rings. The summed E-state index contributed by atoms with van der Waals surface area (Å²) in [5.41, 5.74) is 4.74. The van der Waals surface area contributed by atoms with Crippen LogP contribution in [0.1, 0.15) is 5.56 Å². The minimum Gasteiger partial charge on any atom is -0.265 e. The molecule has 3 aromatic rings. The minimum absolute atomic E-state index is 0.323. The number of rotatable bonds is 3. The quantitative estimate of drug-likeness (QED) is 0.734. The van der Waals surface area contributed by atoms with Crippen molar-refractivity contribution in [1.82, 2.24) is 15.0 Å². The SMILES string of the molecule is N#CCc1cc(-c2ccncc2)cnc1-c1ccncc1. The molecule has 0 unspecified atom stereocenters. The summed E-state index contributed by atoms with van der Waals surface area (Å²) >= 11 is 0. The zero-order valence-corrected chi connectivity index (χ0v) is 11.3. The lowest BCUT2D eigenvalue weighted by Gasteiger charge is -2.09. The molecule has 100 valence electrons. The molecule has 21 heavy (non-hydrogen) atoms. The van der Waals surface area contributed by atoms with Crippen molar-refractivity contribution < 1.29 is 0 Å². The lowest BCUT2D eigenvalue weighted by atomic mass is 10.0. The monoisotopic (exact) mass is 272 g/mol. The van der Waals surface area contributed by atoms with E-state index in [0.717, 1.165) is 27.9 Å². The van der Waals surface area contributed by atoms with Crippen LogP contribution in [0, 0.1) is 11.3 Å². The normalized spacial score (nSPS) is 10.0. The molecule has 0 aliphatic rings. The Bertz CT molecular complexity index is 777. The van der Waals surface area contributed by atoms with Gasteiger partial charge in [0.15, 0.2) is 0 Å². The highest BCUT2D eigenvalue weighted by molar-refractivity contribution is 5.69. The molecular weight excluding hydrogens is 260 g/mol. The third-order valence-electron chi connectivity index (χ3n) is 3.20. The van der Waals surface area contributed by atoms with Gasteiger partial charge in [-0.3, -0.25) is 15.0 Å². The third-order valence-corrected chi connectivity index (χ3v) is 3.20. The van der Waals surface area contributed by atoms with Gasteiger partial charge in [0.25, 0.3) is 0 Å². The summed E-state index contributed by atoms with van der Waals surface area (Å²) in [6.45, 7) is 0. The molecule has 0 aliphatic carbocycles. The van der Waals surface area contributed by atoms with Crippen molar-refractivity contribution >= 4 is 0 Å². The van der Waals surface area contributed by atoms with E-state index in [0.29, 0.717) is 6.42 Å². The molecule has 0 atom stereocenters. The Morgan fingerprint density at radius 3 is 2.10 bits per heavy atom. The van der Waals surface area contributed by atoms with Gasteiger partial charge >= 0.3 is 0 Å². The zero-order chi connectivity index (χ0) is 14.5. The van der Waals surface area contributed by atoms with Crippen LogP contribution in [0.2, 0.25) is 0 Å². The predicted octanol–water partition coefficient (Wildman–Crippen LogP) is 3.27. The molecule has 0 spiro atoms. The Balaban J connectivity index is 2.10. The molecule has 0 amide bonds. The van der Waals surface area contributed by atoms with E-state index >= 15 is 0 Å². The van der Waals surface area contributed by atoms with Gasteiger partial charge in [0.05, 0.1) is 18.2 Å². The van der Waals surface area contributed by atoms with Gasteiger partial charge in [-0.15, -0.1) is 0 Å². The van der Waals surface area contributed by atoms with Gasteiger partial charge < -0.3 is 0 Å². The predicted molar refractivity (Wildman–Crippen MR) is 80.0 cm³/mol. The second kappa shape index (κ2) is 5.93. The van der Waals surface area contributed by atoms with Gasteiger partial charge in [-0.2, -0.15) is 5.26 Å². The van der Waals surface area contributed by atoms with E-state index in [1.165, 1.54) is 0 Å². The molecule has 0 radical (unpaired) electrons. The first-order valence-electron chi connectivity index (χ1n) is 6.55. The number of nitriles is 1. The van der Waals surface area contributed by atoms with Crippen LogP contribution in [-0.4, -0.2) is 15.0 Å². The Hall–Kier alpha value is -3.06. The highest BCUT2D eigenvalue weighted by Crippen LogP contribution is 2.26. The number of pyridine rings is 3. The summed E-state index contributed by atoms with van der Waals surface area (Å²) < 4.78 is 0. The lowest BCUT2D eigenvalue weighted by Crippen LogP contribution is -1.94. The molecular formula is C17H12N4. The Morgan fingerprint density at radius 2 is 1.48 bits per heavy atom. The standard InChI is InChI=1S/C17H12N4/c18-6-1-15-11-16(13-2-7-19-8-3-13)12-21-17(15)14-4-9-20-10-5-14/h2-5,7-12H,1H2. The Morgan fingerprint density at radius 1 is 0.857 bits per heavy atom. The van der Waals surface area contributed by atoms with Crippen LogP contribution >= 0.6 is 0 Å². The Labute approximate surface area is 122 Å². The fourth-order valence-electron chi connectivity index (χ4n) is 2.20. The van der Waals surface area contributed by atoms with Crippen molar-refractivity contribution in [3.05, 3.63) is 66.9 Å². The van der Waals surface area contributed by atoms with Crippen LogP contribution in [0.5, 0.6) is 0 Å². The smallest absolute Gasteiger partial charge is 0.0745 e. The van der Waals surface area contributed by atoms with Gasteiger partial charge in [-0.25, -0.2) is 0 Å². The average Bonchev–Trinajstić information content (AvgIpc) is 2.57. The number of aromatic nitrogens is 3. The molecule has 0 aromatic carbocycles. The van der Waals surface area contributed by atoms with Crippen LogP contribution in [0.25, 0.3) is 22.4 Å². The zero-order valence-electron chi connectivity index (χ0n) is 11.3. The molecule has 0 aliphatic heterocycles. The van der Waals surface area contributed by atoms with Gasteiger partial charge in [-0.1, -0.05) is 0 Å². The van der Waals surface area contributed by atoms with Crippen LogP contribution in [-0.2, 0) is 6.42 Å². The van der Waals surface area contributed by atoms with Crippen LogP contribution in [0.4, 0.5) is 0 Å². The van der Waals surface area contributed by atoms with E-state index in [1.807, 2.05) is 36.5 Å². The summed E-state index contributed by atoms with van der Waals surface area (Å²) in [6.07, 6.45) is 9.09. The van der Waals surface area contributed by atoms with Crippen molar-refractivity contribution in [2.24, 2.45) is 0 Å². The van der Waals surface area contributed by atoms with Gasteiger partial charge in [0, 0.05) is 42.1 Å². The molecule has 0 saturated carbocycles. The first-order valence-corrected chi connectivity index (χ1v) is 6.55. The van der Waals surface area contributed by atoms with Crippen LogP contribution in [0.15, 0.2) is 61.3 Å². The van der Waals surface area contributed by atoms with E-state index in [2.05, 4.69) is 21.0 Å². The fraction of sp³-hybridized carbons (Fsp3) is 0.0588. The number of nitrogens with zero attached hydrogens (tertiary/aromatic N) is 4. The summed E-state index contributed by atoms with van der Waals surface area (Å²) in [7, 11) is 0. The molecule has 3 rings (SSSR count). The molecule has 0 bridgehead atoms. The second-order valence-electron chi connectivity index (χ2n) is 4.54. The largest absolute Gasteiger partial charge is 0.265 e. The summed E-state index contributed by atoms with van der Waals surface area (Å²) in [5, 5.41) is 9.05. The number of hydrogen-bond donors (Lipinski definition) is 0. The maximum Gasteiger partial charge on any atom is 0.0745 e. The van der Waals surface area contributed by atoms with Crippen molar-refractivity contribution in [2.75, 3.05) is 0 Å². The molecule has 3 aromatic heterocycles. The molecule has 0 saturated heterocycles. The molecule has 4 heteroatoms. The van der Waals surface area contributed by atoms with Crippen molar-refractivity contribution in [2.45, 2.75) is 6.42 Å². The Kier molecular flexibility index (Phi) is 3.66. The minimum atomic E-state index is 0.323. The van der Waals surface area contributed by atoms with E-state index < -0.39 is 0 Å². The molecule has 3 heterocycles. The van der Waals surface area contributed by atoms with E-state index in [1.54, 1.807) is 24.8 Å². The summed E-state index contributed by atoms with van der Waals surface area (Å²) in [5.74, 6) is 0. The van der Waals surface area contributed by atoms with Gasteiger partial charge in [0.1, 0.15) is 0 Å². The maximum absolute atomic E-state index is 9.05. The first kappa shape index (κ1) is 12.9. The van der Waals surface area contributed by atoms with E-state index in [-0.39, 0.29) is 0 Å². The molecule has 4 nitrogen and oxygen atoms in total. The third kappa shape index (κ3) is 2.77. The lowest BCUT2D eigenvalue weighted by molar-refractivity contribution is 1.19. The highest BCUT2D eigenvalue weighted by atomic mass is 14.7. The maximum atomic E-state index is 9.05. The number of hydrogen-bond acceptors (Lipinski definition) is 4. The van der Waals surface area contributed by atoms with E-state index in [9.17, 15) is 0 Å². The fourth-order valence-corrected chi connectivity index (χ4v) is 2.20. The first-order chi connectivity index (χ1) is 10.4. The van der Waals surface area contributed by atoms with Crippen molar-refractivity contribution in [3.8, 4) is 28.5 Å². The highest BCUT2D eigenvalue weighted by Gasteiger charge is 2.09. The van der Waals surface area contributed by atoms with Gasteiger partial charge in [-0.05, 0) is 41.5 Å². The van der Waals surface area contributed by atoms with Crippen LogP contribution < -0.4 is 0 Å². The van der Waals surface area contributed by atoms with Crippen molar-refractivity contribution in [1.29, 1.82) is 5.26 Å². The topological polar surface area (TPSA) is 62.5 Å². The van der Waals surface area contributed by atoms with Gasteiger partial charge in [0.2, 0.25) is 0 Å². The van der Waals surface area contributed by atoms with Crippen molar-refractivity contribution in [3.63, 3.8) is 0 Å². The summed E-state index contributed by atoms with van der Waals surface area (Å²) in [4.78, 5) is 12.6. The van der Waals surface area contributed by atoms with Crippen LogP contribution in [0.3, 0.4) is 0 Å². The average molecular weight is 272 g/mol. The summed E-state index contributed by atoms with van der Waals surface area (Å²) in [6, 6.07) is 11.9. The molecule has 0 N–H and O–H groups in total.